The highest BCUT2D eigenvalue weighted by Crippen LogP contribution is 2.00. The number of rotatable bonds is 6. The molecular formula is C9H15N3O2S. The van der Waals surface area contributed by atoms with Gasteiger partial charge >= 0.3 is 0 Å². The molecule has 0 saturated heterocycles. The molecule has 0 aliphatic heterocycles. The van der Waals surface area contributed by atoms with Crippen LogP contribution in [0.3, 0.4) is 0 Å². The van der Waals surface area contributed by atoms with Gasteiger partial charge in [-0.25, -0.2) is 0 Å². The Hall–Kier alpha value is -1.01. The summed E-state index contributed by atoms with van der Waals surface area (Å²) in [5.41, 5.74) is 5.67. The number of amides is 1. The zero-order valence-electron chi connectivity index (χ0n) is 8.60. The summed E-state index contributed by atoms with van der Waals surface area (Å²) in [7, 11) is 0. The molecule has 0 fully saturated rings. The van der Waals surface area contributed by atoms with E-state index < -0.39 is 6.04 Å². The van der Waals surface area contributed by atoms with E-state index in [0.29, 0.717) is 18.7 Å². The van der Waals surface area contributed by atoms with Gasteiger partial charge in [-0.05, 0) is 18.4 Å². The average molecular weight is 229 g/mol. The lowest BCUT2D eigenvalue weighted by atomic mass is 10.2. The lowest BCUT2D eigenvalue weighted by molar-refractivity contribution is -0.122. The summed E-state index contributed by atoms with van der Waals surface area (Å²) >= 11 is 1.67. The van der Waals surface area contributed by atoms with Crippen LogP contribution in [0.1, 0.15) is 12.2 Å². The summed E-state index contributed by atoms with van der Waals surface area (Å²) in [5.74, 6) is 1.36. The van der Waals surface area contributed by atoms with Gasteiger partial charge in [0, 0.05) is 6.07 Å². The second-order valence-corrected chi connectivity index (χ2v) is 4.07. The summed E-state index contributed by atoms with van der Waals surface area (Å²) in [6.45, 7) is 0.339. The SMILES string of the molecule is CSCC[C@@H](N)C(=O)NCc1ccno1. The summed E-state index contributed by atoms with van der Waals surface area (Å²) in [5, 5.41) is 6.22. The molecule has 0 aliphatic carbocycles. The fraction of sp³-hybridized carbons (Fsp3) is 0.556. The van der Waals surface area contributed by atoms with E-state index in [9.17, 15) is 4.79 Å². The quantitative estimate of drug-likeness (QED) is 0.736. The second kappa shape index (κ2) is 6.47. The maximum absolute atomic E-state index is 11.4. The van der Waals surface area contributed by atoms with Crippen LogP contribution in [0.5, 0.6) is 0 Å². The molecule has 5 nitrogen and oxygen atoms in total. The maximum atomic E-state index is 11.4. The van der Waals surface area contributed by atoms with Crippen molar-refractivity contribution < 1.29 is 9.32 Å². The Kier molecular flexibility index (Phi) is 5.20. The lowest BCUT2D eigenvalue weighted by Crippen LogP contribution is -2.40. The van der Waals surface area contributed by atoms with Gasteiger partial charge in [0.2, 0.25) is 5.91 Å². The number of nitrogens with one attached hydrogen (secondary N) is 1. The molecule has 1 aromatic heterocycles. The van der Waals surface area contributed by atoms with Gasteiger partial charge in [-0.2, -0.15) is 11.8 Å². The van der Waals surface area contributed by atoms with Crippen LogP contribution in [0.15, 0.2) is 16.8 Å². The minimum absolute atomic E-state index is 0.152. The highest BCUT2D eigenvalue weighted by atomic mass is 32.2. The van der Waals surface area contributed by atoms with E-state index in [1.165, 1.54) is 6.20 Å². The molecule has 0 bridgehead atoms. The van der Waals surface area contributed by atoms with Gasteiger partial charge in [-0.3, -0.25) is 4.79 Å². The number of aromatic nitrogens is 1. The van der Waals surface area contributed by atoms with E-state index in [0.717, 1.165) is 5.75 Å². The molecule has 1 rings (SSSR count). The fourth-order valence-electron chi connectivity index (χ4n) is 1.01. The van der Waals surface area contributed by atoms with Crippen LogP contribution < -0.4 is 11.1 Å². The molecule has 1 heterocycles. The highest BCUT2D eigenvalue weighted by molar-refractivity contribution is 7.98. The summed E-state index contributed by atoms with van der Waals surface area (Å²) in [6.07, 6.45) is 4.21. The summed E-state index contributed by atoms with van der Waals surface area (Å²) in [6, 6.07) is 1.26. The van der Waals surface area contributed by atoms with Crippen molar-refractivity contribution in [3.8, 4) is 0 Å². The Morgan fingerprint density at radius 1 is 1.80 bits per heavy atom. The van der Waals surface area contributed by atoms with E-state index >= 15 is 0 Å². The van der Waals surface area contributed by atoms with Gasteiger partial charge in [0.15, 0.2) is 5.76 Å². The van der Waals surface area contributed by atoms with E-state index in [4.69, 9.17) is 10.3 Å². The number of hydrogen-bond donors (Lipinski definition) is 2. The molecule has 1 amide bonds. The zero-order chi connectivity index (χ0) is 11.1. The molecule has 3 N–H and O–H groups in total. The molecule has 0 radical (unpaired) electrons. The van der Waals surface area contributed by atoms with Gasteiger partial charge < -0.3 is 15.6 Å². The molecule has 0 aromatic carbocycles. The van der Waals surface area contributed by atoms with Crippen molar-refractivity contribution in [1.29, 1.82) is 0 Å². The Bertz CT molecular complexity index is 290. The molecular weight excluding hydrogens is 214 g/mol. The number of nitrogens with zero attached hydrogens (tertiary/aromatic N) is 1. The van der Waals surface area contributed by atoms with Gasteiger partial charge in [0.25, 0.3) is 0 Å². The Morgan fingerprint density at radius 2 is 2.60 bits per heavy atom. The first-order valence-corrected chi connectivity index (χ1v) is 6.05. The van der Waals surface area contributed by atoms with E-state index in [1.54, 1.807) is 17.8 Å². The van der Waals surface area contributed by atoms with Gasteiger partial charge in [-0.1, -0.05) is 5.16 Å². The predicted octanol–water partition coefficient (Wildman–Crippen LogP) is 0.371. The van der Waals surface area contributed by atoms with Crippen molar-refractivity contribution in [3.05, 3.63) is 18.0 Å². The van der Waals surface area contributed by atoms with Crippen LogP contribution >= 0.6 is 11.8 Å². The van der Waals surface area contributed by atoms with Gasteiger partial charge in [0.05, 0.1) is 18.8 Å². The van der Waals surface area contributed by atoms with E-state index in [1.807, 2.05) is 6.26 Å². The molecule has 0 spiro atoms. The smallest absolute Gasteiger partial charge is 0.237 e. The third-order valence-corrected chi connectivity index (χ3v) is 2.54. The van der Waals surface area contributed by atoms with Crippen molar-refractivity contribution in [2.45, 2.75) is 19.0 Å². The first-order valence-electron chi connectivity index (χ1n) is 4.66. The molecule has 0 aliphatic rings. The van der Waals surface area contributed by atoms with Crippen LogP contribution in [-0.4, -0.2) is 29.1 Å². The first kappa shape index (κ1) is 12.1. The van der Waals surface area contributed by atoms with Crippen molar-refractivity contribution in [3.63, 3.8) is 0 Å². The first-order chi connectivity index (χ1) is 7.24. The monoisotopic (exact) mass is 229 g/mol. The molecule has 84 valence electrons. The third kappa shape index (κ3) is 4.35. The zero-order valence-corrected chi connectivity index (χ0v) is 9.42. The lowest BCUT2D eigenvalue weighted by Gasteiger charge is -2.10. The third-order valence-electron chi connectivity index (χ3n) is 1.90. The van der Waals surface area contributed by atoms with Gasteiger partial charge in [0.1, 0.15) is 0 Å². The van der Waals surface area contributed by atoms with Crippen molar-refractivity contribution in [2.24, 2.45) is 5.73 Å². The summed E-state index contributed by atoms with van der Waals surface area (Å²) < 4.78 is 4.84. The van der Waals surface area contributed by atoms with Crippen LogP contribution in [0.2, 0.25) is 0 Å². The van der Waals surface area contributed by atoms with Crippen molar-refractivity contribution in [1.82, 2.24) is 10.5 Å². The minimum Gasteiger partial charge on any atom is -0.360 e. The fourth-order valence-corrected chi connectivity index (χ4v) is 1.50. The van der Waals surface area contributed by atoms with Crippen molar-refractivity contribution in [2.75, 3.05) is 12.0 Å². The molecule has 0 saturated carbocycles. The topological polar surface area (TPSA) is 81.2 Å². The number of carbonyl (C=O) groups is 1. The van der Waals surface area contributed by atoms with Gasteiger partial charge in [-0.15, -0.1) is 0 Å². The maximum Gasteiger partial charge on any atom is 0.237 e. The highest BCUT2D eigenvalue weighted by Gasteiger charge is 2.12. The molecule has 6 heteroatoms. The van der Waals surface area contributed by atoms with Crippen LogP contribution in [0, 0.1) is 0 Å². The van der Waals surface area contributed by atoms with Crippen LogP contribution in [0.25, 0.3) is 0 Å². The second-order valence-electron chi connectivity index (χ2n) is 3.08. The number of nitrogens with two attached hydrogens (primary N) is 1. The van der Waals surface area contributed by atoms with Crippen LogP contribution in [0.4, 0.5) is 0 Å². The molecule has 0 unspecified atom stereocenters. The normalized spacial score (nSPS) is 12.4. The van der Waals surface area contributed by atoms with E-state index in [-0.39, 0.29) is 5.91 Å². The number of thioether (sulfide) groups is 1. The minimum atomic E-state index is -0.444. The Labute approximate surface area is 92.8 Å². The molecule has 1 aromatic rings. The van der Waals surface area contributed by atoms with Crippen LogP contribution in [-0.2, 0) is 11.3 Å². The summed E-state index contributed by atoms with van der Waals surface area (Å²) in [4.78, 5) is 11.4. The number of carbonyl (C=O) groups excluding carboxylic acids is 1. The molecule has 15 heavy (non-hydrogen) atoms. The van der Waals surface area contributed by atoms with E-state index in [2.05, 4.69) is 10.5 Å². The Morgan fingerprint density at radius 3 is 3.20 bits per heavy atom. The standard InChI is InChI=1S/C9H15N3O2S/c1-15-5-3-8(10)9(13)11-6-7-2-4-12-14-7/h2,4,8H,3,5-6,10H2,1H3,(H,11,13)/t8-/m1/s1. The largest absolute Gasteiger partial charge is 0.360 e. The molecule has 1 atom stereocenters. The Balaban J connectivity index is 2.23. The number of hydrogen-bond acceptors (Lipinski definition) is 5. The average Bonchev–Trinajstić information content (AvgIpc) is 2.75. The van der Waals surface area contributed by atoms with Crippen molar-refractivity contribution >= 4 is 17.7 Å². The predicted molar refractivity (Wildman–Crippen MR) is 59.3 cm³/mol.